The first kappa shape index (κ1) is 15.9. The van der Waals surface area contributed by atoms with Crippen LogP contribution in [0.3, 0.4) is 0 Å². The molecule has 0 unspecified atom stereocenters. The molecule has 0 saturated carbocycles. The summed E-state index contributed by atoms with van der Waals surface area (Å²) in [6.45, 7) is 4.22. The Balaban J connectivity index is 2.58. The van der Waals surface area contributed by atoms with Gasteiger partial charge in [-0.3, -0.25) is 4.79 Å². The van der Waals surface area contributed by atoms with E-state index in [0.29, 0.717) is 13.0 Å². The maximum atomic E-state index is 11.7. The molecular formula is C15H20N2O3. The number of rotatable bonds is 8. The van der Waals surface area contributed by atoms with Crippen LogP contribution in [0, 0.1) is 0 Å². The molecule has 0 saturated heterocycles. The fourth-order valence-corrected chi connectivity index (χ4v) is 1.72. The van der Waals surface area contributed by atoms with Crippen molar-refractivity contribution in [2.24, 2.45) is 0 Å². The van der Waals surface area contributed by atoms with Crippen molar-refractivity contribution in [2.45, 2.75) is 12.5 Å². The highest BCUT2D eigenvalue weighted by molar-refractivity contribution is 5.85. The van der Waals surface area contributed by atoms with Gasteiger partial charge in [-0.25, -0.2) is 4.79 Å². The maximum absolute atomic E-state index is 11.7. The molecule has 0 aromatic heterocycles. The molecule has 0 bridgehead atoms. The fraction of sp³-hybridized carbons (Fsp3) is 0.333. The molecule has 0 fully saturated rings. The van der Waals surface area contributed by atoms with Gasteiger partial charge in [-0.2, -0.15) is 0 Å². The predicted molar refractivity (Wildman–Crippen MR) is 77.2 cm³/mol. The van der Waals surface area contributed by atoms with E-state index in [1.807, 2.05) is 30.3 Å². The number of esters is 1. The van der Waals surface area contributed by atoms with Crippen LogP contribution in [0.4, 0.5) is 0 Å². The van der Waals surface area contributed by atoms with Crippen molar-refractivity contribution in [1.82, 2.24) is 10.6 Å². The van der Waals surface area contributed by atoms with E-state index in [1.54, 1.807) is 6.08 Å². The molecule has 1 amide bonds. The second-order valence-electron chi connectivity index (χ2n) is 4.25. The van der Waals surface area contributed by atoms with Crippen molar-refractivity contribution >= 4 is 11.9 Å². The van der Waals surface area contributed by atoms with Crippen LogP contribution >= 0.6 is 0 Å². The number of methoxy groups -OCH3 is 1. The van der Waals surface area contributed by atoms with Crippen LogP contribution in [0.15, 0.2) is 43.0 Å². The summed E-state index contributed by atoms with van der Waals surface area (Å²) in [7, 11) is 1.31. The lowest BCUT2D eigenvalue weighted by Crippen LogP contribution is -2.46. The maximum Gasteiger partial charge on any atom is 0.328 e. The number of carbonyl (C=O) groups excluding carboxylic acids is 2. The van der Waals surface area contributed by atoms with Crippen molar-refractivity contribution in [3.8, 4) is 0 Å². The van der Waals surface area contributed by atoms with Gasteiger partial charge in [-0.05, 0) is 5.56 Å². The quantitative estimate of drug-likeness (QED) is 0.416. The van der Waals surface area contributed by atoms with E-state index in [-0.39, 0.29) is 12.5 Å². The highest BCUT2D eigenvalue weighted by Gasteiger charge is 2.21. The van der Waals surface area contributed by atoms with E-state index in [2.05, 4.69) is 17.2 Å². The summed E-state index contributed by atoms with van der Waals surface area (Å²) in [6, 6.07) is 8.79. The number of nitrogens with one attached hydrogen (secondary N) is 2. The number of benzene rings is 1. The number of amides is 1. The van der Waals surface area contributed by atoms with E-state index in [0.717, 1.165) is 5.56 Å². The van der Waals surface area contributed by atoms with Crippen molar-refractivity contribution in [3.05, 3.63) is 48.6 Å². The Morgan fingerprint density at radius 1 is 1.35 bits per heavy atom. The van der Waals surface area contributed by atoms with Crippen molar-refractivity contribution in [3.63, 3.8) is 0 Å². The molecule has 0 aliphatic rings. The number of carbonyl (C=O) groups is 2. The second kappa shape index (κ2) is 8.87. The molecule has 5 nitrogen and oxygen atoms in total. The third kappa shape index (κ3) is 5.67. The molecule has 2 N–H and O–H groups in total. The molecular weight excluding hydrogens is 256 g/mol. The standard InChI is InChI=1S/C15H20N2O3/c1-3-9-16-11-14(18)17-13(15(19)20-2)10-12-7-5-4-6-8-12/h3-8,13,16H,1,9-11H2,2H3,(H,17,18)/t13-/m0/s1. The summed E-state index contributed by atoms with van der Waals surface area (Å²) in [5.74, 6) is -0.705. The van der Waals surface area contributed by atoms with Gasteiger partial charge >= 0.3 is 5.97 Å². The average Bonchev–Trinajstić information content (AvgIpc) is 2.47. The molecule has 0 spiro atoms. The Labute approximate surface area is 119 Å². The van der Waals surface area contributed by atoms with Gasteiger partial charge < -0.3 is 15.4 Å². The summed E-state index contributed by atoms with van der Waals surface area (Å²) in [6.07, 6.45) is 2.07. The SMILES string of the molecule is C=CCNCC(=O)N[C@@H](Cc1ccccc1)C(=O)OC. The van der Waals surface area contributed by atoms with Crippen molar-refractivity contribution in [1.29, 1.82) is 0 Å². The minimum atomic E-state index is -0.680. The third-order valence-electron chi connectivity index (χ3n) is 2.68. The van der Waals surface area contributed by atoms with Gasteiger partial charge in [0.25, 0.3) is 0 Å². The second-order valence-corrected chi connectivity index (χ2v) is 4.25. The molecule has 0 radical (unpaired) electrons. The van der Waals surface area contributed by atoms with Gasteiger partial charge in [-0.15, -0.1) is 6.58 Å². The minimum Gasteiger partial charge on any atom is -0.467 e. The zero-order chi connectivity index (χ0) is 14.8. The zero-order valence-electron chi connectivity index (χ0n) is 11.6. The first-order valence-electron chi connectivity index (χ1n) is 6.40. The summed E-state index contributed by atoms with van der Waals surface area (Å²) in [5.41, 5.74) is 0.960. The first-order valence-corrected chi connectivity index (χ1v) is 6.40. The molecule has 0 aliphatic carbocycles. The average molecular weight is 276 g/mol. The lowest BCUT2D eigenvalue weighted by Gasteiger charge is -2.16. The van der Waals surface area contributed by atoms with E-state index >= 15 is 0 Å². The fourth-order valence-electron chi connectivity index (χ4n) is 1.72. The molecule has 1 atom stereocenters. The van der Waals surface area contributed by atoms with Crippen LogP contribution in [0.5, 0.6) is 0 Å². The largest absolute Gasteiger partial charge is 0.467 e. The smallest absolute Gasteiger partial charge is 0.328 e. The van der Waals surface area contributed by atoms with Gasteiger partial charge in [0.05, 0.1) is 13.7 Å². The number of hydrogen-bond donors (Lipinski definition) is 2. The summed E-state index contributed by atoms with van der Waals surface area (Å²) < 4.78 is 4.72. The molecule has 5 heteroatoms. The zero-order valence-corrected chi connectivity index (χ0v) is 11.6. The topological polar surface area (TPSA) is 67.4 Å². The molecule has 1 rings (SSSR count). The Morgan fingerprint density at radius 2 is 2.05 bits per heavy atom. The Hall–Kier alpha value is -2.14. The monoisotopic (exact) mass is 276 g/mol. The number of hydrogen-bond acceptors (Lipinski definition) is 4. The molecule has 0 heterocycles. The van der Waals surface area contributed by atoms with Crippen LogP contribution < -0.4 is 10.6 Å². The van der Waals surface area contributed by atoms with E-state index in [9.17, 15) is 9.59 Å². The molecule has 20 heavy (non-hydrogen) atoms. The normalized spacial score (nSPS) is 11.4. The van der Waals surface area contributed by atoms with Crippen LogP contribution in [0.25, 0.3) is 0 Å². The summed E-state index contributed by atoms with van der Waals surface area (Å²) >= 11 is 0. The molecule has 1 aromatic rings. The van der Waals surface area contributed by atoms with Crippen molar-refractivity contribution in [2.75, 3.05) is 20.2 Å². The van der Waals surface area contributed by atoms with Gasteiger partial charge in [0.15, 0.2) is 0 Å². The predicted octanol–water partition coefficient (Wildman–Crippen LogP) is 0.662. The van der Waals surface area contributed by atoms with Crippen LogP contribution in [0.1, 0.15) is 5.56 Å². The summed E-state index contributed by atoms with van der Waals surface area (Å²) in [5, 5.41) is 5.54. The van der Waals surface area contributed by atoms with Crippen LogP contribution in [-0.4, -0.2) is 38.1 Å². The Kier molecular flexibility index (Phi) is 7.06. The third-order valence-corrected chi connectivity index (χ3v) is 2.68. The van der Waals surface area contributed by atoms with Gasteiger partial charge in [0.2, 0.25) is 5.91 Å². The Morgan fingerprint density at radius 3 is 2.65 bits per heavy atom. The van der Waals surface area contributed by atoms with Gasteiger partial charge in [-0.1, -0.05) is 36.4 Å². The van der Waals surface area contributed by atoms with E-state index in [1.165, 1.54) is 7.11 Å². The highest BCUT2D eigenvalue weighted by atomic mass is 16.5. The highest BCUT2D eigenvalue weighted by Crippen LogP contribution is 2.04. The lowest BCUT2D eigenvalue weighted by atomic mass is 10.1. The Bertz CT molecular complexity index is 446. The van der Waals surface area contributed by atoms with Crippen LogP contribution in [0.2, 0.25) is 0 Å². The van der Waals surface area contributed by atoms with E-state index in [4.69, 9.17) is 4.74 Å². The van der Waals surface area contributed by atoms with E-state index < -0.39 is 12.0 Å². The summed E-state index contributed by atoms with van der Waals surface area (Å²) in [4.78, 5) is 23.4. The molecule has 1 aromatic carbocycles. The van der Waals surface area contributed by atoms with Gasteiger partial charge in [0, 0.05) is 13.0 Å². The minimum absolute atomic E-state index is 0.133. The van der Waals surface area contributed by atoms with Crippen molar-refractivity contribution < 1.29 is 14.3 Å². The first-order chi connectivity index (χ1) is 9.67. The van der Waals surface area contributed by atoms with Crippen LogP contribution in [-0.2, 0) is 20.7 Å². The molecule has 108 valence electrons. The van der Waals surface area contributed by atoms with Gasteiger partial charge in [0.1, 0.15) is 6.04 Å². The lowest BCUT2D eigenvalue weighted by molar-refractivity contribution is -0.144. The number of ether oxygens (including phenoxy) is 1. The molecule has 0 aliphatic heterocycles.